The van der Waals surface area contributed by atoms with E-state index in [2.05, 4.69) is 37.6 Å². The standard InChI is InChI=1S/C21H23N5O2/c1-5-10-26-13(4)18(14-8-6-7-9-15(14)26)19(16-11(2)22-24-20(16)27)17-12(3)23-25-21(17)28/h5-9,19H,1,10H2,2-4H3,(H2,22,24,27)(H2,23,25,28). The number of benzene rings is 1. The van der Waals surface area contributed by atoms with Crippen LogP contribution in [0, 0.1) is 20.8 Å². The van der Waals surface area contributed by atoms with E-state index < -0.39 is 5.92 Å². The highest BCUT2D eigenvalue weighted by Crippen LogP contribution is 2.39. The smallest absolute Gasteiger partial charge is 0.268 e. The molecule has 0 unspecified atom stereocenters. The number of H-pyrrole nitrogens is 4. The Labute approximate surface area is 161 Å². The Kier molecular flexibility index (Phi) is 4.22. The number of nitrogens with zero attached hydrogens (tertiary/aromatic N) is 1. The van der Waals surface area contributed by atoms with Crippen LogP contribution in [0.5, 0.6) is 0 Å². The minimum Gasteiger partial charge on any atom is -0.341 e. The zero-order valence-electron chi connectivity index (χ0n) is 16.1. The summed E-state index contributed by atoms with van der Waals surface area (Å²) in [6.07, 6.45) is 1.85. The number of hydrogen-bond donors (Lipinski definition) is 4. The largest absolute Gasteiger partial charge is 0.341 e. The molecule has 28 heavy (non-hydrogen) atoms. The quantitative estimate of drug-likeness (QED) is 0.402. The second-order valence-corrected chi connectivity index (χ2v) is 7.08. The van der Waals surface area contributed by atoms with Crippen LogP contribution in [0.2, 0.25) is 0 Å². The van der Waals surface area contributed by atoms with Crippen molar-refractivity contribution in [3.8, 4) is 0 Å². The van der Waals surface area contributed by atoms with Crippen molar-refractivity contribution in [2.75, 3.05) is 0 Å². The van der Waals surface area contributed by atoms with Gasteiger partial charge in [-0.1, -0.05) is 24.3 Å². The van der Waals surface area contributed by atoms with E-state index in [4.69, 9.17) is 0 Å². The van der Waals surface area contributed by atoms with Crippen LogP contribution in [0.15, 0.2) is 46.5 Å². The molecular weight excluding hydrogens is 354 g/mol. The third kappa shape index (κ3) is 2.51. The molecule has 0 saturated heterocycles. The Bertz CT molecular complexity index is 1240. The average molecular weight is 377 g/mol. The highest BCUT2D eigenvalue weighted by atomic mass is 16.1. The molecule has 7 nitrogen and oxygen atoms in total. The Balaban J connectivity index is 2.16. The lowest BCUT2D eigenvalue weighted by Gasteiger charge is -2.17. The van der Waals surface area contributed by atoms with Crippen molar-refractivity contribution in [2.24, 2.45) is 0 Å². The molecule has 144 valence electrons. The molecule has 0 amide bonds. The van der Waals surface area contributed by atoms with E-state index >= 15 is 0 Å². The van der Waals surface area contributed by atoms with Gasteiger partial charge in [-0.2, -0.15) is 0 Å². The summed E-state index contributed by atoms with van der Waals surface area (Å²) >= 11 is 0. The number of rotatable bonds is 5. The minimum atomic E-state index is -0.499. The maximum absolute atomic E-state index is 12.7. The number of aryl methyl sites for hydroxylation is 2. The zero-order valence-corrected chi connectivity index (χ0v) is 16.1. The molecular formula is C21H23N5O2. The van der Waals surface area contributed by atoms with Gasteiger partial charge in [0.25, 0.3) is 11.1 Å². The maximum Gasteiger partial charge on any atom is 0.268 e. The van der Waals surface area contributed by atoms with Gasteiger partial charge in [0.1, 0.15) is 0 Å². The molecule has 3 heterocycles. The summed E-state index contributed by atoms with van der Waals surface area (Å²) in [4.78, 5) is 25.4. The molecule has 0 radical (unpaired) electrons. The molecule has 0 aliphatic rings. The molecule has 4 aromatic rings. The van der Waals surface area contributed by atoms with E-state index in [1.54, 1.807) is 0 Å². The van der Waals surface area contributed by atoms with Crippen molar-refractivity contribution in [2.45, 2.75) is 33.2 Å². The van der Waals surface area contributed by atoms with Gasteiger partial charge in [-0.05, 0) is 32.4 Å². The first-order valence-electron chi connectivity index (χ1n) is 9.18. The third-order valence-corrected chi connectivity index (χ3v) is 5.48. The molecule has 0 atom stereocenters. The van der Waals surface area contributed by atoms with Gasteiger partial charge in [-0.15, -0.1) is 6.58 Å². The molecule has 0 saturated carbocycles. The highest BCUT2D eigenvalue weighted by molar-refractivity contribution is 5.87. The summed E-state index contributed by atoms with van der Waals surface area (Å²) in [6, 6.07) is 8.05. The lowest BCUT2D eigenvalue weighted by Crippen LogP contribution is -2.21. The Morgan fingerprint density at radius 3 is 2.00 bits per heavy atom. The lowest BCUT2D eigenvalue weighted by molar-refractivity contribution is 0.807. The summed E-state index contributed by atoms with van der Waals surface area (Å²) in [5, 5.41) is 12.2. The summed E-state index contributed by atoms with van der Waals surface area (Å²) in [7, 11) is 0. The van der Waals surface area contributed by atoms with Gasteiger partial charge in [-0.3, -0.25) is 19.8 Å². The normalized spacial score (nSPS) is 11.6. The second kappa shape index (κ2) is 6.60. The van der Waals surface area contributed by atoms with Crippen molar-refractivity contribution < 1.29 is 0 Å². The molecule has 4 N–H and O–H groups in total. The molecule has 7 heteroatoms. The molecule has 0 aliphatic heterocycles. The van der Waals surface area contributed by atoms with E-state index in [1.807, 2.05) is 45.0 Å². The first-order chi connectivity index (χ1) is 13.5. The minimum absolute atomic E-state index is 0.220. The SMILES string of the molecule is C=CCn1c(C)c(C(c2c(C)[nH][nH]c2=O)c2c(C)[nH][nH]c2=O)c2ccccc21. The van der Waals surface area contributed by atoms with Crippen LogP contribution in [0.1, 0.15) is 39.7 Å². The van der Waals surface area contributed by atoms with Crippen LogP contribution in [0.4, 0.5) is 0 Å². The van der Waals surface area contributed by atoms with Crippen LogP contribution in [0.3, 0.4) is 0 Å². The van der Waals surface area contributed by atoms with Gasteiger partial charge in [0.2, 0.25) is 0 Å². The van der Waals surface area contributed by atoms with E-state index in [9.17, 15) is 9.59 Å². The molecule has 0 fully saturated rings. The van der Waals surface area contributed by atoms with Crippen molar-refractivity contribution >= 4 is 10.9 Å². The fourth-order valence-corrected chi connectivity index (χ4v) is 4.23. The third-order valence-electron chi connectivity index (χ3n) is 5.48. The molecule has 0 spiro atoms. The zero-order chi connectivity index (χ0) is 20.0. The topological polar surface area (TPSA) is 102 Å². The average Bonchev–Trinajstić information content (AvgIpc) is 3.28. The molecule has 3 aromatic heterocycles. The second-order valence-electron chi connectivity index (χ2n) is 7.08. The van der Waals surface area contributed by atoms with Crippen LogP contribution < -0.4 is 11.1 Å². The number of allylic oxidation sites excluding steroid dienone is 1. The van der Waals surface area contributed by atoms with Crippen LogP contribution in [0.25, 0.3) is 10.9 Å². The van der Waals surface area contributed by atoms with Crippen LogP contribution in [-0.4, -0.2) is 25.0 Å². The Morgan fingerprint density at radius 1 is 0.929 bits per heavy atom. The number of aromatic nitrogens is 5. The van der Waals surface area contributed by atoms with Crippen molar-refractivity contribution in [1.29, 1.82) is 0 Å². The van der Waals surface area contributed by atoms with E-state index in [0.29, 0.717) is 17.7 Å². The first-order valence-corrected chi connectivity index (χ1v) is 9.18. The first kappa shape index (κ1) is 17.9. The van der Waals surface area contributed by atoms with Gasteiger partial charge < -0.3 is 14.8 Å². The predicted octanol–water partition coefficient (Wildman–Crippen LogP) is 2.97. The molecule has 0 aliphatic carbocycles. The highest BCUT2D eigenvalue weighted by Gasteiger charge is 2.32. The summed E-state index contributed by atoms with van der Waals surface area (Å²) in [5.74, 6) is -0.499. The van der Waals surface area contributed by atoms with E-state index in [1.165, 1.54) is 0 Å². The maximum atomic E-state index is 12.7. The molecule has 4 rings (SSSR count). The van der Waals surface area contributed by atoms with Crippen molar-refractivity contribution in [1.82, 2.24) is 25.0 Å². The number of hydrogen-bond acceptors (Lipinski definition) is 2. The number of fused-ring (bicyclic) bond motifs is 1. The van der Waals surface area contributed by atoms with Gasteiger partial charge >= 0.3 is 0 Å². The Morgan fingerprint density at radius 2 is 1.50 bits per heavy atom. The predicted molar refractivity (Wildman–Crippen MR) is 110 cm³/mol. The van der Waals surface area contributed by atoms with E-state index in [-0.39, 0.29) is 11.1 Å². The number of aromatic amines is 4. The van der Waals surface area contributed by atoms with Gasteiger partial charge in [0, 0.05) is 34.5 Å². The Hall–Kier alpha value is -3.48. The lowest BCUT2D eigenvalue weighted by atomic mass is 9.84. The van der Waals surface area contributed by atoms with Crippen LogP contribution in [-0.2, 0) is 6.54 Å². The van der Waals surface area contributed by atoms with Gasteiger partial charge in [0.15, 0.2) is 0 Å². The van der Waals surface area contributed by atoms with Gasteiger partial charge in [-0.25, -0.2) is 0 Å². The number of nitrogens with one attached hydrogen (secondary N) is 4. The fourth-order valence-electron chi connectivity index (χ4n) is 4.23. The summed E-state index contributed by atoms with van der Waals surface area (Å²) in [6.45, 7) is 10.2. The monoisotopic (exact) mass is 377 g/mol. The van der Waals surface area contributed by atoms with Crippen LogP contribution >= 0.6 is 0 Å². The molecule has 1 aromatic carbocycles. The molecule has 0 bridgehead atoms. The van der Waals surface area contributed by atoms with Gasteiger partial charge in [0.05, 0.1) is 17.0 Å². The van der Waals surface area contributed by atoms with E-state index in [0.717, 1.165) is 33.5 Å². The summed E-state index contributed by atoms with van der Waals surface area (Å²) < 4.78 is 2.16. The fraction of sp³-hybridized carbons (Fsp3) is 0.238. The van der Waals surface area contributed by atoms with Crippen molar-refractivity contribution in [3.05, 3.63) is 91.4 Å². The van der Waals surface area contributed by atoms with Crippen molar-refractivity contribution in [3.63, 3.8) is 0 Å². The summed E-state index contributed by atoms with van der Waals surface area (Å²) in [5.41, 5.74) is 5.12. The number of para-hydroxylation sites is 1.